The maximum absolute atomic E-state index is 13.3. The summed E-state index contributed by atoms with van der Waals surface area (Å²) in [5.74, 6) is -2.03. The number of piperazine rings is 1. The molecular weight excluding hydrogens is 590 g/mol. The van der Waals surface area contributed by atoms with Crippen molar-refractivity contribution in [3.8, 4) is 0 Å². The molecular formula is C33H39N7O6. The summed E-state index contributed by atoms with van der Waals surface area (Å²) < 4.78 is 5.50. The Labute approximate surface area is 266 Å². The number of likely N-dealkylation sites (tertiary alicyclic amines) is 1. The van der Waals surface area contributed by atoms with Crippen LogP contribution in [-0.2, 0) is 20.9 Å². The molecule has 5 aliphatic heterocycles. The molecule has 5 N–H and O–H groups in total. The largest absolute Gasteiger partial charge is 0.381 e. The highest BCUT2D eigenvalue weighted by Crippen LogP contribution is 2.33. The number of benzene rings is 2. The van der Waals surface area contributed by atoms with Gasteiger partial charge in [0.05, 0.1) is 16.7 Å². The summed E-state index contributed by atoms with van der Waals surface area (Å²) in [7, 11) is 0. The predicted molar refractivity (Wildman–Crippen MR) is 168 cm³/mol. The number of rotatable bonds is 8. The smallest absolute Gasteiger partial charge is 0.262 e. The van der Waals surface area contributed by atoms with E-state index in [0.29, 0.717) is 36.8 Å². The van der Waals surface area contributed by atoms with Crippen LogP contribution in [0.1, 0.15) is 62.3 Å². The van der Waals surface area contributed by atoms with E-state index < -0.39 is 35.6 Å². The highest BCUT2D eigenvalue weighted by molar-refractivity contribution is 6.23. The van der Waals surface area contributed by atoms with Crippen molar-refractivity contribution >= 4 is 40.9 Å². The number of fused-ring (bicyclic) bond motifs is 1. The van der Waals surface area contributed by atoms with Gasteiger partial charge in [-0.1, -0.05) is 6.07 Å². The number of carbonyl (C=O) groups excluding carboxylic acids is 5. The van der Waals surface area contributed by atoms with E-state index in [0.717, 1.165) is 67.4 Å². The average molecular weight is 630 g/mol. The van der Waals surface area contributed by atoms with Crippen LogP contribution in [0.4, 0.5) is 11.4 Å². The third-order valence-corrected chi connectivity index (χ3v) is 9.90. The normalized spacial score (nSPS) is 24.5. The summed E-state index contributed by atoms with van der Waals surface area (Å²) in [5.41, 5.74) is 9.57. The SMILES string of the molecule is NC(=O)c1ccc(N2CCNCC2C2CN(Cc3ccc4c(c3)C(=O)N(C3CCC(=O)NC3=O)C4=O)C2)cc1NC1CCOCC1. The molecule has 0 saturated carbocycles. The van der Waals surface area contributed by atoms with Gasteiger partial charge in [0.25, 0.3) is 17.7 Å². The third kappa shape index (κ3) is 5.74. The van der Waals surface area contributed by atoms with Gasteiger partial charge in [-0.15, -0.1) is 0 Å². The number of primary amides is 1. The molecule has 0 radical (unpaired) electrons. The number of carbonyl (C=O) groups is 5. The lowest BCUT2D eigenvalue weighted by Gasteiger charge is -2.50. The number of piperidine rings is 1. The van der Waals surface area contributed by atoms with Crippen LogP contribution in [-0.4, -0.2) is 103 Å². The first kappa shape index (κ1) is 30.3. The lowest BCUT2D eigenvalue weighted by atomic mass is 9.88. The van der Waals surface area contributed by atoms with E-state index >= 15 is 0 Å². The third-order valence-electron chi connectivity index (χ3n) is 9.90. The van der Waals surface area contributed by atoms with Crippen LogP contribution in [0.15, 0.2) is 36.4 Å². The number of anilines is 2. The Morgan fingerprint density at radius 1 is 0.978 bits per heavy atom. The van der Waals surface area contributed by atoms with Gasteiger partial charge in [-0.2, -0.15) is 0 Å². The Bertz CT molecular complexity index is 1580. The van der Waals surface area contributed by atoms with Crippen molar-refractivity contribution in [2.75, 3.05) is 56.2 Å². The van der Waals surface area contributed by atoms with Crippen LogP contribution < -0.4 is 26.6 Å². The Morgan fingerprint density at radius 2 is 1.76 bits per heavy atom. The van der Waals surface area contributed by atoms with E-state index in [-0.39, 0.29) is 30.5 Å². The summed E-state index contributed by atoms with van der Waals surface area (Å²) in [6.07, 6.45) is 1.98. The average Bonchev–Trinajstić information content (AvgIpc) is 3.27. The second kappa shape index (κ2) is 12.5. The van der Waals surface area contributed by atoms with E-state index in [2.05, 4.69) is 31.8 Å². The van der Waals surface area contributed by atoms with Gasteiger partial charge in [-0.25, -0.2) is 0 Å². The van der Waals surface area contributed by atoms with Crippen molar-refractivity contribution in [2.24, 2.45) is 11.7 Å². The van der Waals surface area contributed by atoms with Crippen molar-refractivity contribution in [1.29, 1.82) is 0 Å². The molecule has 46 heavy (non-hydrogen) atoms. The zero-order valence-electron chi connectivity index (χ0n) is 25.6. The summed E-state index contributed by atoms with van der Waals surface area (Å²) >= 11 is 0. The molecule has 0 aromatic heterocycles. The molecule has 0 bridgehead atoms. The first-order valence-corrected chi connectivity index (χ1v) is 16.1. The van der Waals surface area contributed by atoms with Crippen LogP contribution in [0, 0.1) is 5.92 Å². The molecule has 7 rings (SSSR count). The van der Waals surface area contributed by atoms with Gasteiger partial charge in [-0.3, -0.25) is 39.1 Å². The van der Waals surface area contributed by atoms with E-state index in [9.17, 15) is 24.0 Å². The fourth-order valence-corrected chi connectivity index (χ4v) is 7.43. The molecule has 0 aliphatic carbocycles. The van der Waals surface area contributed by atoms with E-state index in [1.165, 1.54) is 0 Å². The minimum absolute atomic E-state index is 0.0895. The van der Waals surface area contributed by atoms with Gasteiger partial charge >= 0.3 is 0 Å². The van der Waals surface area contributed by atoms with Crippen molar-refractivity contribution in [1.82, 2.24) is 20.4 Å². The quantitative estimate of drug-likeness (QED) is 0.305. The molecule has 2 aromatic carbocycles. The fourth-order valence-electron chi connectivity index (χ4n) is 7.43. The lowest BCUT2D eigenvalue weighted by molar-refractivity contribution is -0.136. The van der Waals surface area contributed by atoms with Gasteiger partial charge in [0, 0.05) is 88.3 Å². The number of nitrogens with zero attached hydrogens (tertiary/aromatic N) is 3. The Balaban J connectivity index is 1.01. The van der Waals surface area contributed by atoms with Gasteiger partial charge in [-0.05, 0) is 55.2 Å². The summed E-state index contributed by atoms with van der Waals surface area (Å²) in [5, 5.41) is 9.33. The summed E-state index contributed by atoms with van der Waals surface area (Å²) in [4.78, 5) is 68.3. The van der Waals surface area contributed by atoms with Crippen molar-refractivity contribution < 1.29 is 28.7 Å². The van der Waals surface area contributed by atoms with Gasteiger partial charge in [0.2, 0.25) is 11.8 Å². The summed E-state index contributed by atoms with van der Waals surface area (Å²) in [6, 6.07) is 10.7. The highest BCUT2D eigenvalue weighted by atomic mass is 16.5. The maximum Gasteiger partial charge on any atom is 0.262 e. The van der Waals surface area contributed by atoms with E-state index in [4.69, 9.17) is 10.5 Å². The topological polar surface area (TPSA) is 166 Å². The first-order valence-electron chi connectivity index (χ1n) is 16.1. The molecule has 5 amide bonds. The number of amides is 5. The zero-order chi connectivity index (χ0) is 31.9. The molecule has 2 aromatic rings. The van der Waals surface area contributed by atoms with Crippen LogP contribution in [0.2, 0.25) is 0 Å². The van der Waals surface area contributed by atoms with Crippen molar-refractivity contribution in [3.05, 3.63) is 58.7 Å². The molecule has 4 saturated heterocycles. The molecule has 2 unspecified atom stereocenters. The molecule has 5 heterocycles. The summed E-state index contributed by atoms with van der Waals surface area (Å²) in [6.45, 7) is 6.34. The van der Waals surface area contributed by atoms with Gasteiger partial charge < -0.3 is 26.0 Å². The minimum atomic E-state index is -0.975. The molecule has 13 nitrogen and oxygen atoms in total. The van der Waals surface area contributed by atoms with Gasteiger partial charge in [0.1, 0.15) is 6.04 Å². The van der Waals surface area contributed by atoms with E-state index in [1.807, 2.05) is 18.2 Å². The number of imide groups is 2. The van der Waals surface area contributed by atoms with E-state index in [1.54, 1.807) is 12.1 Å². The second-order valence-electron chi connectivity index (χ2n) is 12.9. The fraction of sp³-hybridized carbons (Fsp3) is 0.485. The number of hydrogen-bond donors (Lipinski definition) is 4. The van der Waals surface area contributed by atoms with Crippen LogP contribution in [0.3, 0.4) is 0 Å². The molecule has 242 valence electrons. The number of hydrogen-bond acceptors (Lipinski definition) is 10. The molecule has 4 fully saturated rings. The highest BCUT2D eigenvalue weighted by Gasteiger charge is 2.45. The monoisotopic (exact) mass is 629 g/mol. The number of nitrogens with two attached hydrogens (primary N) is 1. The Hall–Kier alpha value is -4.33. The van der Waals surface area contributed by atoms with Gasteiger partial charge in [0.15, 0.2) is 0 Å². The Kier molecular flexibility index (Phi) is 8.22. The number of ether oxygens (including phenoxy) is 1. The standard InChI is InChI=1S/C33H39N7O6/c34-30(42)24-4-2-22(14-26(24)36-21-7-11-46-12-8-21)39-10-9-35-15-28(39)20-17-38(18-20)16-19-1-3-23-25(13-19)33(45)40(32(23)44)27-5-6-29(41)37-31(27)43/h1-4,13-14,20-21,27-28,35-36H,5-12,15-18H2,(H2,34,42)(H,37,41,43). The molecule has 2 atom stereocenters. The second-order valence-corrected chi connectivity index (χ2v) is 12.9. The Morgan fingerprint density at radius 3 is 2.52 bits per heavy atom. The van der Waals surface area contributed by atoms with Crippen LogP contribution in [0.25, 0.3) is 0 Å². The molecule has 0 spiro atoms. The van der Waals surface area contributed by atoms with Crippen LogP contribution in [0.5, 0.6) is 0 Å². The van der Waals surface area contributed by atoms with Crippen molar-refractivity contribution in [3.63, 3.8) is 0 Å². The minimum Gasteiger partial charge on any atom is -0.381 e. The maximum atomic E-state index is 13.3. The predicted octanol–water partition coefficient (Wildman–Crippen LogP) is 0.688. The molecule has 13 heteroatoms. The number of nitrogens with one attached hydrogen (secondary N) is 3. The van der Waals surface area contributed by atoms with Crippen molar-refractivity contribution in [2.45, 2.75) is 50.4 Å². The first-order chi connectivity index (χ1) is 22.3. The lowest BCUT2D eigenvalue weighted by Crippen LogP contribution is -2.62. The molecule has 5 aliphatic rings. The zero-order valence-corrected chi connectivity index (χ0v) is 25.6. The van der Waals surface area contributed by atoms with Crippen LogP contribution >= 0.6 is 0 Å².